The zero-order valence-corrected chi connectivity index (χ0v) is 14.9. The van der Waals surface area contributed by atoms with Gasteiger partial charge in [-0.15, -0.1) is 12.4 Å². The van der Waals surface area contributed by atoms with Gasteiger partial charge in [0.2, 0.25) is 5.91 Å². The number of nitrogens with one attached hydrogen (secondary N) is 2. The summed E-state index contributed by atoms with van der Waals surface area (Å²) < 4.78 is 0. The van der Waals surface area contributed by atoms with E-state index in [-0.39, 0.29) is 18.3 Å². The molecular weight excluding hydrogens is 298 g/mol. The molecule has 1 amide bonds. The summed E-state index contributed by atoms with van der Waals surface area (Å²) in [4.78, 5) is 14.4. The van der Waals surface area contributed by atoms with Crippen LogP contribution in [-0.4, -0.2) is 50.6 Å². The molecule has 1 saturated heterocycles. The van der Waals surface area contributed by atoms with Crippen LogP contribution in [0.4, 0.5) is 0 Å². The van der Waals surface area contributed by atoms with Gasteiger partial charge in [0.05, 0.1) is 6.54 Å². The normalized spacial score (nSPS) is 21.3. The van der Waals surface area contributed by atoms with Gasteiger partial charge in [-0.2, -0.15) is 0 Å². The van der Waals surface area contributed by atoms with E-state index in [1.165, 1.54) is 51.4 Å². The first-order chi connectivity index (χ1) is 10.3. The lowest BCUT2D eigenvalue weighted by molar-refractivity contribution is -0.122. The number of amides is 1. The van der Waals surface area contributed by atoms with Gasteiger partial charge in [0, 0.05) is 6.54 Å². The van der Waals surface area contributed by atoms with Crippen LogP contribution in [0.2, 0.25) is 0 Å². The number of carbonyl (C=O) groups is 1. The van der Waals surface area contributed by atoms with Crippen LogP contribution < -0.4 is 10.6 Å². The molecule has 0 atom stereocenters. The minimum atomic E-state index is 0. The molecule has 0 aromatic rings. The van der Waals surface area contributed by atoms with Gasteiger partial charge in [0.1, 0.15) is 0 Å². The molecular formula is C17H34ClN3O. The Bertz CT molecular complexity index is 300. The van der Waals surface area contributed by atoms with Crippen LogP contribution in [0.5, 0.6) is 0 Å². The lowest BCUT2D eigenvalue weighted by Crippen LogP contribution is -2.43. The molecule has 4 nitrogen and oxygen atoms in total. The smallest absolute Gasteiger partial charge is 0.234 e. The highest BCUT2D eigenvalue weighted by molar-refractivity contribution is 5.85. The molecule has 1 aliphatic carbocycles. The van der Waals surface area contributed by atoms with Crippen LogP contribution in [0.3, 0.4) is 0 Å². The second-order valence-electron chi connectivity index (χ2n) is 6.92. The van der Waals surface area contributed by atoms with Crippen LogP contribution in [0, 0.1) is 11.8 Å². The van der Waals surface area contributed by atoms with Crippen molar-refractivity contribution < 1.29 is 4.79 Å². The maximum absolute atomic E-state index is 12.0. The molecule has 2 rings (SSSR count). The summed E-state index contributed by atoms with van der Waals surface area (Å²) in [6, 6.07) is 0. The molecule has 0 aromatic carbocycles. The Labute approximate surface area is 142 Å². The van der Waals surface area contributed by atoms with Crippen LogP contribution in [0.15, 0.2) is 0 Å². The molecule has 130 valence electrons. The van der Waals surface area contributed by atoms with Crippen molar-refractivity contribution in [3.63, 3.8) is 0 Å². The quantitative estimate of drug-likeness (QED) is 0.753. The second kappa shape index (κ2) is 11.3. The van der Waals surface area contributed by atoms with Gasteiger partial charge in [0.15, 0.2) is 0 Å². The fraction of sp³-hybridized carbons (Fsp3) is 0.941. The van der Waals surface area contributed by atoms with Crippen molar-refractivity contribution in [3.8, 4) is 0 Å². The van der Waals surface area contributed by atoms with E-state index in [1.54, 1.807) is 0 Å². The second-order valence-corrected chi connectivity index (χ2v) is 6.92. The van der Waals surface area contributed by atoms with Crippen molar-refractivity contribution in [1.82, 2.24) is 15.5 Å². The summed E-state index contributed by atoms with van der Waals surface area (Å²) in [6.07, 6.45) is 10.5. The third-order valence-electron chi connectivity index (χ3n) is 5.19. The molecule has 1 heterocycles. The van der Waals surface area contributed by atoms with Gasteiger partial charge in [-0.05, 0) is 70.6 Å². The lowest BCUT2D eigenvalue weighted by atomic mass is 9.89. The predicted octanol–water partition coefficient (Wildman–Crippen LogP) is 2.43. The first kappa shape index (κ1) is 19.7. The highest BCUT2D eigenvalue weighted by atomic mass is 35.5. The fourth-order valence-electron chi connectivity index (χ4n) is 3.69. The van der Waals surface area contributed by atoms with Crippen molar-refractivity contribution in [3.05, 3.63) is 0 Å². The van der Waals surface area contributed by atoms with E-state index in [4.69, 9.17) is 0 Å². The minimum absolute atomic E-state index is 0. The molecule has 1 saturated carbocycles. The number of rotatable bonds is 7. The molecule has 0 spiro atoms. The van der Waals surface area contributed by atoms with Gasteiger partial charge in [-0.3, -0.25) is 9.69 Å². The largest absolute Gasteiger partial charge is 0.355 e. The number of hydrogen-bond acceptors (Lipinski definition) is 3. The zero-order valence-electron chi connectivity index (χ0n) is 14.1. The van der Waals surface area contributed by atoms with E-state index in [0.29, 0.717) is 6.54 Å². The van der Waals surface area contributed by atoms with E-state index in [1.807, 2.05) is 7.05 Å². The Morgan fingerprint density at radius 1 is 1.05 bits per heavy atom. The van der Waals surface area contributed by atoms with E-state index < -0.39 is 0 Å². The van der Waals surface area contributed by atoms with Crippen molar-refractivity contribution >= 4 is 18.3 Å². The zero-order chi connectivity index (χ0) is 14.9. The summed E-state index contributed by atoms with van der Waals surface area (Å²) in [5, 5.41) is 6.38. The van der Waals surface area contributed by atoms with E-state index >= 15 is 0 Å². The van der Waals surface area contributed by atoms with Gasteiger partial charge in [-0.1, -0.05) is 19.3 Å². The molecule has 0 unspecified atom stereocenters. The Kier molecular flexibility index (Phi) is 10.1. The summed E-state index contributed by atoms with van der Waals surface area (Å²) in [5.41, 5.74) is 0. The molecule has 0 aromatic heterocycles. The van der Waals surface area contributed by atoms with E-state index in [9.17, 15) is 4.79 Å². The molecule has 2 aliphatic rings. The maximum Gasteiger partial charge on any atom is 0.234 e. The highest BCUT2D eigenvalue weighted by Crippen LogP contribution is 2.23. The number of hydrogen-bond donors (Lipinski definition) is 2. The van der Waals surface area contributed by atoms with Crippen molar-refractivity contribution in [2.45, 2.75) is 51.4 Å². The van der Waals surface area contributed by atoms with Gasteiger partial charge < -0.3 is 10.6 Å². The average Bonchev–Trinajstić information content (AvgIpc) is 2.53. The molecule has 0 radical (unpaired) electrons. The molecule has 1 aliphatic heterocycles. The van der Waals surface area contributed by atoms with Gasteiger partial charge >= 0.3 is 0 Å². The Morgan fingerprint density at radius 3 is 2.36 bits per heavy atom. The number of halogens is 1. The summed E-state index contributed by atoms with van der Waals surface area (Å²) >= 11 is 0. The van der Waals surface area contributed by atoms with Gasteiger partial charge in [-0.25, -0.2) is 0 Å². The van der Waals surface area contributed by atoms with Gasteiger partial charge in [0.25, 0.3) is 0 Å². The van der Waals surface area contributed by atoms with Crippen LogP contribution in [0.1, 0.15) is 51.4 Å². The Balaban J connectivity index is 0.00000242. The lowest BCUT2D eigenvalue weighted by Gasteiger charge is -2.31. The average molecular weight is 332 g/mol. The monoisotopic (exact) mass is 331 g/mol. The third-order valence-corrected chi connectivity index (χ3v) is 5.19. The first-order valence-electron chi connectivity index (χ1n) is 8.91. The van der Waals surface area contributed by atoms with Crippen molar-refractivity contribution in [2.24, 2.45) is 11.8 Å². The standard InChI is InChI=1S/C17H33N3O.ClH/c1-18-10-7-15-8-11-20(12-9-15)14-17(21)19-13-16-5-3-2-4-6-16;/h15-16,18H,2-14H2,1H3,(H,19,21);1H. The Morgan fingerprint density at radius 2 is 1.73 bits per heavy atom. The molecule has 2 fully saturated rings. The number of likely N-dealkylation sites (tertiary alicyclic amines) is 1. The van der Waals surface area contributed by atoms with Crippen LogP contribution in [0.25, 0.3) is 0 Å². The summed E-state index contributed by atoms with van der Waals surface area (Å²) in [5.74, 6) is 1.81. The fourth-order valence-corrected chi connectivity index (χ4v) is 3.69. The molecule has 22 heavy (non-hydrogen) atoms. The first-order valence-corrected chi connectivity index (χ1v) is 8.91. The highest BCUT2D eigenvalue weighted by Gasteiger charge is 2.21. The molecule has 0 bridgehead atoms. The Hall–Kier alpha value is -0.320. The maximum atomic E-state index is 12.0. The molecule has 5 heteroatoms. The minimum Gasteiger partial charge on any atom is -0.355 e. The number of nitrogens with zero attached hydrogens (tertiary/aromatic N) is 1. The van der Waals surface area contributed by atoms with Crippen molar-refractivity contribution in [2.75, 3.05) is 39.8 Å². The SMILES string of the molecule is CNCCC1CCN(CC(=O)NCC2CCCCC2)CC1.Cl. The van der Waals surface area contributed by atoms with Crippen LogP contribution >= 0.6 is 12.4 Å². The van der Waals surface area contributed by atoms with Crippen molar-refractivity contribution in [1.29, 1.82) is 0 Å². The number of piperidine rings is 1. The number of carbonyl (C=O) groups excluding carboxylic acids is 1. The van der Waals surface area contributed by atoms with Crippen LogP contribution in [-0.2, 0) is 4.79 Å². The van der Waals surface area contributed by atoms with E-state index in [0.717, 1.165) is 38.0 Å². The molecule has 2 N–H and O–H groups in total. The van der Waals surface area contributed by atoms with E-state index in [2.05, 4.69) is 15.5 Å². The topological polar surface area (TPSA) is 44.4 Å². The summed E-state index contributed by atoms with van der Waals surface area (Å²) in [7, 11) is 2.02. The summed E-state index contributed by atoms with van der Waals surface area (Å²) in [6.45, 7) is 4.80. The third kappa shape index (κ3) is 7.30. The predicted molar refractivity (Wildman–Crippen MR) is 94.5 cm³/mol.